The van der Waals surface area contributed by atoms with Gasteiger partial charge in [-0.1, -0.05) is 38.1 Å². The fourth-order valence-electron chi connectivity index (χ4n) is 2.33. The van der Waals surface area contributed by atoms with Crippen molar-refractivity contribution in [1.82, 2.24) is 4.98 Å². The number of aromatic carboxylic acids is 1. The number of carboxylic acids is 1. The third kappa shape index (κ3) is 3.16. The lowest BCUT2D eigenvalue weighted by atomic mass is 10.0. The van der Waals surface area contributed by atoms with Gasteiger partial charge in [-0.25, -0.2) is 9.78 Å². The molecule has 0 unspecified atom stereocenters. The van der Waals surface area contributed by atoms with E-state index in [1.54, 1.807) is 30.5 Å². The molecule has 4 heteroatoms. The molecule has 2 aromatic carbocycles. The van der Waals surface area contributed by atoms with E-state index in [0.717, 1.165) is 11.1 Å². The largest absolute Gasteiger partial charge is 0.478 e. The van der Waals surface area contributed by atoms with Gasteiger partial charge < -0.3 is 9.52 Å². The van der Waals surface area contributed by atoms with Gasteiger partial charge in [0.25, 0.3) is 0 Å². The summed E-state index contributed by atoms with van der Waals surface area (Å²) in [5.41, 5.74) is 3.23. The molecular formula is C19H17NO3. The van der Waals surface area contributed by atoms with Crippen LogP contribution in [0.2, 0.25) is 0 Å². The second-order valence-corrected chi connectivity index (χ2v) is 5.69. The van der Waals surface area contributed by atoms with Crippen LogP contribution in [-0.2, 0) is 0 Å². The molecule has 0 aliphatic rings. The first-order valence-corrected chi connectivity index (χ1v) is 7.44. The monoisotopic (exact) mass is 307 g/mol. The summed E-state index contributed by atoms with van der Waals surface area (Å²) in [7, 11) is 0. The van der Waals surface area contributed by atoms with Crippen molar-refractivity contribution in [3.05, 3.63) is 65.9 Å². The van der Waals surface area contributed by atoms with E-state index in [1.165, 1.54) is 5.56 Å². The minimum Gasteiger partial charge on any atom is -0.478 e. The molecule has 23 heavy (non-hydrogen) atoms. The van der Waals surface area contributed by atoms with Crippen LogP contribution in [-0.4, -0.2) is 16.1 Å². The minimum absolute atomic E-state index is 0.241. The van der Waals surface area contributed by atoms with Crippen molar-refractivity contribution < 1.29 is 14.3 Å². The lowest BCUT2D eigenvalue weighted by Crippen LogP contribution is -1.94. The van der Waals surface area contributed by atoms with Crippen LogP contribution in [0.4, 0.5) is 0 Å². The summed E-state index contributed by atoms with van der Waals surface area (Å²) < 4.78 is 5.80. The SMILES string of the molecule is CC(C)c1ccc(-c2cnc(-c3ccc(C(=O)O)cc3)o2)cc1. The molecule has 1 N–H and O–H groups in total. The van der Waals surface area contributed by atoms with Crippen LogP contribution >= 0.6 is 0 Å². The number of carbonyl (C=O) groups is 1. The van der Waals surface area contributed by atoms with Gasteiger partial charge in [0.2, 0.25) is 5.89 Å². The van der Waals surface area contributed by atoms with Gasteiger partial charge in [0.05, 0.1) is 11.8 Å². The molecule has 0 radical (unpaired) electrons. The second-order valence-electron chi connectivity index (χ2n) is 5.69. The topological polar surface area (TPSA) is 63.3 Å². The van der Waals surface area contributed by atoms with Gasteiger partial charge in [0, 0.05) is 11.1 Å². The number of benzene rings is 2. The highest BCUT2D eigenvalue weighted by Crippen LogP contribution is 2.27. The highest BCUT2D eigenvalue weighted by Gasteiger charge is 2.10. The summed E-state index contributed by atoms with van der Waals surface area (Å²) in [5.74, 6) is 0.708. The molecular weight excluding hydrogens is 290 g/mol. The highest BCUT2D eigenvalue weighted by atomic mass is 16.4. The van der Waals surface area contributed by atoms with E-state index in [2.05, 4.69) is 31.0 Å². The molecule has 0 fully saturated rings. The molecule has 1 heterocycles. The van der Waals surface area contributed by atoms with Gasteiger partial charge in [-0.3, -0.25) is 0 Å². The van der Waals surface area contributed by atoms with Crippen LogP contribution in [0.5, 0.6) is 0 Å². The Morgan fingerprint density at radius 3 is 2.17 bits per heavy atom. The molecule has 1 aromatic heterocycles. The number of nitrogens with zero attached hydrogens (tertiary/aromatic N) is 1. The molecule has 0 aliphatic heterocycles. The first-order valence-electron chi connectivity index (χ1n) is 7.44. The minimum atomic E-state index is -0.949. The number of rotatable bonds is 4. The van der Waals surface area contributed by atoms with Crippen molar-refractivity contribution in [1.29, 1.82) is 0 Å². The molecule has 0 saturated heterocycles. The van der Waals surface area contributed by atoms with Gasteiger partial charge >= 0.3 is 5.97 Å². The van der Waals surface area contributed by atoms with Crippen LogP contribution in [0.15, 0.2) is 59.1 Å². The second kappa shape index (κ2) is 6.08. The fraction of sp³-hybridized carbons (Fsp3) is 0.158. The quantitative estimate of drug-likeness (QED) is 0.749. The van der Waals surface area contributed by atoms with Crippen molar-refractivity contribution in [2.75, 3.05) is 0 Å². The van der Waals surface area contributed by atoms with Crippen LogP contribution in [0.1, 0.15) is 35.7 Å². The molecule has 0 saturated carbocycles. The highest BCUT2D eigenvalue weighted by molar-refractivity contribution is 5.88. The molecule has 0 aliphatic carbocycles. The molecule has 0 bridgehead atoms. The van der Waals surface area contributed by atoms with Crippen LogP contribution in [0.25, 0.3) is 22.8 Å². The summed E-state index contributed by atoms with van der Waals surface area (Å²) in [6.07, 6.45) is 1.69. The molecule has 3 aromatic rings. The van der Waals surface area contributed by atoms with Crippen LogP contribution in [0, 0.1) is 0 Å². The third-order valence-corrected chi connectivity index (χ3v) is 3.75. The van der Waals surface area contributed by atoms with Crippen molar-refractivity contribution >= 4 is 5.97 Å². The van der Waals surface area contributed by atoms with Crippen LogP contribution < -0.4 is 0 Å². The van der Waals surface area contributed by atoms with Crippen molar-refractivity contribution in [3.63, 3.8) is 0 Å². The maximum atomic E-state index is 10.9. The fourth-order valence-corrected chi connectivity index (χ4v) is 2.33. The van der Waals surface area contributed by atoms with E-state index >= 15 is 0 Å². The lowest BCUT2D eigenvalue weighted by Gasteiger charge is -2.05. The summed E-state index contributed by atoms with van der Waals surface area (Å²) >= 11 is 0. The van der Waals surface area contributed by atoms with E-state index in [4.69, 9.17) is 9.52 Å². The normalized spacial score (nSPS) is 10.9. The Morgan fingerprint density at radius 2 is 1.61 bits per heavy atom. The van der Waals surface area contributed by atoms with Gasteiger partial charge in [0.15, 0.2) is 5.76 Å². The number of aromatic nitrogens is 1. The molecule has 116 valence electrons. The Bertz CT molecular complexity index is 815. The zero-order chi connectivity index (χ0) is 16.4. The standard InChI is InChI=1S/C19H17NO3/c1-12(2)13-3-5-14(6-4-13)17-11-20-18(23-17)15-7-9-16(10-8-15)19(21)22/h3-12H,1-2H3,(H,21,22). The van der Waals surface area contributed by atoms with Gasteiger partial charge in [-0.05, 0) is 35.7 Å². The molecule has 4 nitrogen and oxygen atoms in total. The molecule has 0 atom stereocenters. The Kier molecular flexibility index (Phi) is 3.98. The summed E-state index contributed by atoms with van der Waals surface area (Å²) in [4.78, 5) is 15.2. The Morgan fingerprint density at radius 1 is 1.00 bits per heavy atom. The first-order chi connectivity index (χ1) is 11.0. The van der Waals surface area contributed by atoms with E-state index in [-0.39, 0.29) is 5.56 Å². The third-order valence-electron chi connectivity index (χ3n) is 3.75. The Balaban J connectivity index is 1.86. The van der Waals surface area contributed by atoms with Gasteiger partial charge in [-0.2, -0.15) is 0 Å². The number of hydrogen-bond acceptors (Lipinski definition) is 3. The maximum Gasteiger partial charge on any atom is 0.335 e. The first kappa shape index (κ1) is 15.0. The average molecular weight is 307 g/mol. The van der Waals surface area contributed by atoms with E-state index in [9.17, 15) is 4.79 Å². The molecule has 0 spiro atoms. The number of oxazole rings is 1. The van der Waals surface area contributed by atoms with E-state index < -0.39 is 5.97 Å². The molecule has 0 amide bonds. The number of hydrogen-bond donors (Lipinski definition) is 1. The zero-order valence-electron chi connectivity index (χ0n) is 13.0. The predicted octanol–water partition coefficient (Wildman–Crippen LogP) is 4.83. The Labute approximate surface area is 134 Å². The summed E-state index contributed by atoms with van der Waals surface area (Å²) in [6, 6.07) is 14.7. The van der Waals surface area contributed by atoms with Crippen molar-refractivity contribution in [2.24, 2.45) is 0 Å². The zero-order valence-corrected chi connectivity index (χ0v) is 13.0. The Hall–Kier alpha value is -2.88. The van der Waals surface area contributed by atoms with Gasteiger partial charge in [0.1, 0.15) is 0 Å². The van der Waals surface area contributed by atoms with E-state index in [1.807, 2.05) is 12.1 Å². The van der Waals surface area contributed by atoms with Crippen molar-refractivity contribution in [3.8, 4) is 22.8 Å². The smallest absolute Gasteiger partial charge is 0.335 e. The predicted molar refractivity (Wildman–Crippen MR) is 88.4 cm³/mol. The molecule has 3 rings (SSSR count). The maximum absolute atomic E-state index is 10.9. The summed E-state index contributed by atoms with van der Waals surface area (Å²) in [6.45, 7) is 4.31. The average Bonchev–Trinajstić information content (AvgIpc) is 3.05. The van der Waals surface area contributed by atoms with Gasteiger partial charge in [-0.15, -0.1) is 0 Å². The van der Waals surface area contributed by atoms with Crippen LogP contribution in [0.3, 0.4) is 0 Å². The van der Waals surface area contributed by atoms with Crippen molar-refractivity contribution in [2.45, 2.75) is 19.8 Å². The lowest BCUT2D eigenvalue weighted by molar-refractivity contribution is 0.0697. The van der Waals surface area contributed by atoms with E-state index in [0.29, 0.717) is 17.6 Å². The summed E-state index contributed by atoms with van der Waals surface area (Å²) in [5, 5.41) is 8.92. The number of carboxylic acid groups (broad SMARTS) is 1.